The van der Waals surface area contributed by atoms with Gasteiger partial charge in [0.25, 0.3) is 5.91 Å². The third-order valence-corrected chi connectivity index (χ3v) is 4.48. The number of hydrogen-bond donors (Lipinski definition) is 1. The summed E-state index contributed by atoms with van der Waals surface area (Å²) in [5.74, 6) is -0.583. The molecule has 2 atom stereocenters. The lowest BCUT2D eigenvalue weighted by Crippen LogP contribution is -2.33. The quantitative estimate of drug-likeness (QED) is 0.919. The minimum Gasteiger partial charge on any atom is -0.391 e. The predicted molar refractivity (Wildman–Crippen MR) is 87.0 cm³/mol. The van der Waals surface area contributed by atoms with Gasteiger partial charge in [0.15, 0.2) is 0 Å². The maximum atomic E-state index is 13.2. The fourth-order valence-corrected chi connectivity index (χ4v) is 3.09. The van der Waals surface area contributed by atoms with Crippen molar-refractivity contribution >= 4 is 5.91 Å². The van der Waals surface area contributed by atoms with Gasteiger partial charge < -0.3 is 10.0 Å². The van der Waals surface area contributed by atoms with Crippen molar-refractivity contribution in [3.05, 3.63) is 58.4 Å². The van der Waals surface area contributed by atoms with Crippen LogP contribution in [0.25, 0.3) is 0 Å². The van der Waals surface area contributed by atoms with Crippen LogP contribution in [-0.4, -0.2) is 38.5 Å². The second-order valence-corrected chi connectivity index (χ2v) is 6.24. The summed E-state index contributed by atoms with van der Waals surface area (Å²) in [6.07, 6.45) is -0.182. The fourth-order valence-electron chi connectivity index (χ4n) is 3.09. The Hall–Kier alpha value is -2.34. The molecule has 6 heteroatoms. The maximum absolute atomic E-state index is 13.2. The Morgan fingerprint density at radius 1 is 1.12 bits per heavy atom. The van der Waals surface area contributed by atoms with Crippen LogP contribution in [0.2, 0.25) is 0 Å². The number of likely N-dealkylation sites (tertiary alicyclic amines) is 1. The first-order valence-electron chi connectivity index (χ1n) is 7.93. The van der Waals surface area contributed by atoms with Crippen molar-refractivity contribution in [2.75, 3.05) is 6.54 Å². The molecule has 0 spiro atoms. The highest BCUT2D eigenvalue weighted by molar-refractivity contribution is 5.94. The Morgan fingerprint density at radius 2 is 1.75 bits per heavy atom. The summed E-state index contributed by atoms with van der Waals surface area (Å²) >= 11 is 0. The Kier molecular flexibility index (Phi) is 4.32. The molecule has 3 rings (SSSR count). The largest absolute Gasteiger partial charge is 0.391 e. The SMILES string of the molecule is Cc1nc(C)c(C(=O)N2C[C@@H](O)C[C@@H]2c2ccc(F)cc2)nc1C. The van der Waals surface area contributed by atoms with Crippen molar-refractivity contribution in [3.8, 4) is 0 Å². The molecule has 1 aliphatic heterocycles. The summed E-state index contributed by atoms with van der Waals surface area (Å²) in [6, 6.07) is 5.73. The van der Waals surface area contributed by atoms with Crippen LogP contribution in [0.3, 0.4) is 0 Å². The lowest BCUT2D eigenvalue weighted by atomic mass is 10.0. The third kappa shape index (κ3) is 3.01. The van der Waals surface area contributed by atoms with Crippen molar-refractivity contribution in [2.45, 2.75) is 39.3 Å². The minimum atomic E-state index is -0.608. The van der Waals surface area contributed by atoms with Gasteiger partial charge in [-0.25, -0.2) is 9.37 Å². The number of aliphatic hydroxyl groups is 1. The molecule has 2 heterocycles. The molecule has 0 aliphatic carbocycles. The molecule has 1 saturated heterocycles. The van der Waals surface area contributed by atoms with Gasteiger partial charge >= 0.3 is 0 Å². The Morgan fingerprint density at radius 3 is 2.42 bits per heavy atom. The van der Waals surface area contributed by atoms with Crippen molar-refractivity contribution in [3.63, 3.8) is 0 Å². The van der Waals surface area contributed by atoms with E-state index in [0.29, 0.717) is 23.5 Å². The number of nitrogens with zero attached hydrogens (tertiary/aromatic N) is 3. The van der Waals surface area contributed by atoms with Crippen LogP contribution in [0.4, 0.5) is 4.39 Å². The number of aromatic nitrogens is 2. The lowest BCUT2D eigenvalue weighted by Gasteiger charge is -2.25. The van der Waals surface area contributed by atoms with Crippen molar-refractivity contribution < 1.29 is 14.3 Å². The molecule has 2 aromatic rings. The summed E-state index contributed by atoms with van der Waals surface area (Å²) in [5, 5.41) is 10.0. The van der Waals surface area contributed by atoms with Gasteiger partial charge in [-0.15, -0.1) is 0 Å². The third-order valence-electron chi connectivity index (χ3n) is 4.48. The predicted octanol–water partition coefficient (Wildman–Crippen LogP) is 2.49. The van der Waals surface area contributed by atoms with Crippen LogP contribution in [-0.2, 0) is 0 Å². The molecule has 126 valence electrons. The minimum absolute atomic E-state index is 0.231. The lowest BCUT2D eigenvalue weighted by molar-refractivity contribution is 0.0708. The molecule has 1 aromatic carbocycles. The molecule has 24 heavy (non-hydrogen) atoms. The molecule has 1 aromatic heterocycles. The fraction of sp³-hybridized carbons (Fsp3) is 0.389. The van der Waals surface area contributed by atoms with Crippen LogP contribution in [0.1, 0.15) is 45.6 Å². The van der Waals surface area contributed by atoms with Crippen molar-refractivity contribution in [2.24, 2.45) is 0 Å². The van der Waals surface area contributed by atoms with E-state index in [9.17, 15) is 14.3 Å². The molecule has 0 saturated carbocycles. The highest BCUT2D eigenvalue weighted by Gasteiger charge is 2.37. The number of amides is 1. The van der Waals surface area contributed by atoms with E-state index in [1.165, 1.54) is 12.1 Å². The number of benzene rings is 1. The summed E-state index contributed by atoms with van der Waals surface area (Å²) in [5.41, 5.74) is 3.18. The Bertz CT molecular complexity index is 777. The molecule has 1 aliphatic rings. The van der Waals surface area contributed by atoms with E-state index >= 15 is 0 Å². The molecule has 0 bridgehead atoms. The van der Waals surface area contributed by atoms with Crippen LogP contribution >= 0.6 is 0 Å². The zero-order valence-corrected chi connectivity index (χ0v) is 14.0. The molecule has 0 radical (unpaired) electrons. The van der Waals surface area contributed by atoms with E-state index in [4.69, 9.17) is 0 Å². The molecular formula is C18H20FN3O2. The highest BCUT2D eigenvalue weighted by atomic mass is 19.1. The summed E-state index contributed by atoms with van der Waals surface area (Å²) in [4.78, 5) is 23.3. The van der Waals surface area contributed by atoms with Gasteiger partial charge in [-0.2, -0.15) is 0 Å². The first kappa shape index (κ1) is 16.5. The monoisotopic (exact) mass is 329 g/mol. The first-order valence-corrected chi connectivity index (χ1v) is 7.93. The van der Waals surface area contributed by atoms with Gasteiger partial charge in [-0.1, -0.05) is 12.1 Å². The summed E-state index contributed by atoms with van der Waals surface area (Å²) < 4.78 is 13.2. The molecule has 1 fully saturated rings. The normalized spacial score (nSPS) is 20.5. The van der Waals surface area contributed by atoms with Gasteiger partial charge in [-0.3, -0.25) is 9.78 Å². The number of hydrogen-bond acceptors (Lipinski definition) is 4. The van der Waals surface area contributed by atoms with Gasteiger partial charge in [0, 0.05) is 6.54 Å². The van der Waals surface area contributed by atoms with Crippen LogP contribution in [0.5, 0.6) is 0 Å². The first-order chi connectivity index (χ1) is 11.4. The summed E-state index contributed by atoms with van der Waals surface area (Å²) in [7, 11) is 0. The van der Waals surface area contributed by atoms with Crippen LogP contribution < -0.4 is 0 Å². The summed E-state index contributed by atoms with van der Waals surface area (Å²) in [6.45, 7) is 5.65. The standard InChI is InChI=1S/C18H20FN3O2/c1-10-11(2)21-17(12(3)20-10)18(24)22-9-15(23)8-16(22)13-4-6-14(19)7-5-13/h4-7,15-16,23H,8-9H2,1-3H3/t15-,16+/m0/s1. The van der Waals surface area contributed by atoms with Gasteiger partial charge in [0.1, 0.15) is 11.5 Å². The van der Waals surface area contributed by atoms with E-state index < -0.39 is 6.10 Å². The van der Waals surface area contributed by atoms with Gasteiger partial charge in [-0.05, 0) is 44.9 Å². The number of carbonyl (C=O) groups is 1. The van der Waals surface area contributed by atoms with Gasteiger partial charge in [0.2, 0.25) is 0 Å². The second kappa shape index (κ2) is 6.28. The Labute approximate surface area is 140 Å². The Balaban J connectivity index is 1.95. The number of halogens is 1. The van der Waals surface area contributed by atoms with Crippen LogP contribution in [0, 0.1) is 26.6 Å². The molecule has 1 amide bonds. The van der Waals surface area contributed by atoms with E-state index in [-0.39, 0.29) is 24.3 Å². The molecule has 1 N–H and O–H groups in total. The van der Waals surface area contributed by atoms with E-state index in [2.05, 4.69) is 9.97 Å². The van der Waals surface area contributed by atoms with Gasteiger partial charge in [0.05, 0.1) is 29.2 Å². The zero-order valence-electron chi connectivity index (χ0n) is 14.0. The number of β-amino-alcohol motifs (C(OH)–C–C–N with tert-alkyl or cyclic N) is 1. The average molecular weight is 329 g/mol. The topological polar surface area (TPSA) is 66.3 Å². The van der Waals surface area contributed by atoms with E-state index in [1.54, 1.807) is 24.0 Å². The molecular weight excluding hydrogens is 309 g/mol. The number of aliphatic hydroxyl groups excluding tert-OH is 1. The van der Waals surface area contributed by atoms with Crippen molar-refractivity contribution in [1.82, 2.24) is 14.9 Å². The zero-order chi connectivity index (χ0) is 17.4. The van der Waals surface area contributed by atoms with E-state index in [0.717, 1.165) is 11.3 Å². The second-order valence-electron chi connectivity index (χ2n) is 6.24. The number of carbonyl (C=O) groups excluding carboxylic acids is 1. The highest BCUT2D eigenvalue weighted by Crippen LogP contribution is 2.33. The van der Waals surface area contributed by atoms with E-state index in [1.807, 2.05) is 13.8 Å². The van der Waals surface area contributed by atoms with Crippen LogP contribution in [0.15, 0.2) is 24.3 Å². The number of aryl methyl sites for hydroxylation is 3. The maximum Gasteiger partial charge on any atom is 0.274 e. The number of rotatable bonds is 2. The average Bonchev–Trinajstić information content (AvgIpc) is 2.93. The molecule has 5 nitrogen and oxygen atoms in total. The molecule has 0 unspecified atom stereocenters. The smallest absolute Gasteiger partial charge is 0.274 e. The van der Waals surface area contributed by atoms with Crippen molar-refractivity contribution in [1.29, 1.82) is 0 Å².